The predicted molar refractivity (Wildman–Crippen MR) is 120 cm³/mol. The summed E-state index contributed by atoms with van der Waals surface area (Å²) in [7, 11) is 0. The van der Waals surface area contributed by atoms with Crippen LogP contribution in [-0.2, 0) is 19.1 Å². The maximum atomic E-state index is 15.1. The number of unbranched alkanes of at least 4 members (excludes halogenated alkanes) is 2. The first kappa shape index (κ1) is 27.6. The van der Waals surface area contributed by atoms with E-state index in [-0.39, 0.29) is 25.0 Å². The number of carbonyl (C=O) groups is 2. The SMILES string of the molecule is CCCCC(OC1CCCCO1)C(F)(F)C=C[C@H]1[C@H](O)CC(=O)[C@@H]1CC=CCCCC(=O)O. The molecule has 6 nitrogen and oxygen atoms in total. The zero-order valence-corrected chi connectivity index (χ0v) is 19.5. The monoisotopic (exact) mass is 472 g/mol. The number of aliphatic carboxylic acids is 1. The van der Waals surface area contributed by atoms with Crippen LogP contribution in [0.15, 0.2) is 24.3 Å². The van der Waals surface area contributed by atoms with Crippen molar-refractivity contribution in [2.45, 2.75) is 102 Å². The molecule has 1 saturated heterocycles. The van der Waals surface area contributed by atoms with Crippen LogP contribution in [-0.4, -0.2) is 53.0 Å². The van der Waals surface area contributed by atoms with Crippen LogP contribution in [0.2, 0.25) is 0 Å². The number of carbonyl (C=O) groups excluding carboxylic acids is 1. The van der Waals surface area contributed by atoms with Gasteiger partial charge in [0.05, 0.1) is 6.10 Å². The third-order valence-corrected chi connectivity index (χ3v) is 6.29. The molecule has 2 fully saturated rings. The fourth-order valence-corrected chi connectivity index (χ4v) is 4.35. The zero-order chi connectivity index (χ0) is 24.3. The quantitative estimate of drug-likeness (QED) is 0.272. The van der Waals surface area contributed by atoms with E-state index in [4.69, 9.17) is 14.6 Å². The summed E-state index contributed by atoms with van der Waals surface area (Å²) < 4.78 is 41.4. The number of carboxylic acids is 1. The molecule has 8 heteroatoms. The Morgan fingerprint density at radius 3 is 2.76 bits per heavy atom. The van der Waals surface area contributed by atoms with E-state index in [1.54, 1.807) is 12.2 Å². The number of hydrogen-bond donors (Lipinski definition) is 2. The van der Waals surface area contributed by atoms with Crippen LogP contribution in [0.25, 0.3) is 0 Å². The molecule has 33 heavy (non-hydrogen) atoms. The molecule has 2 aliphatic rings. The number of aliphatic hydroxyl groups excluding tert-OH is 1. The second kappa shape index (κ2) is 13.9. The van der Waals surface area contributed by atoms with Crippen molar-refractivity contribution in [2.24, 2.45) is 11.8 Å². The summed E-state index contributed by atoms with van der Waals surface area (Å²) in [6, 6.07) is 0. The Morgan fingerprint density at radius 2 is 2.09 bits per heavy atom. The van der Waals surface area contributed by atoms with Gasteiger partial charge in [-0.2, -0.15) is 8.78 Å². The van der Waals surface area contributed by atoms with Gasteiger partial charge in [0, 0.05) is 31.3 Å². The van der Waals surface area contributed by atoms with E-state index in [9.17, 15) is 14.7 Å². The highest BCUT2D eigenvalue weighted by molar-refractivity contribution is 5.84. The summed E-state index contributed by atoms with van der Waals surface area (Å²) >= 11 is 0. The molecule has 1 saturated carbocycles. The standard InChI is InChI=1S/C25H38F2O6/c1-2-3-11-22(33-24-13-8-9-16-32-24)25(26,27)15-14-19-18(20(28)17-21(19)29)10-6-4-5-7-12-23(30)31/h4,6,14-15,18-19,21-22,24,29H,2-3,5,7-13,16-17H2,1H3,(H,30,31)/t18-,19-,21-,22?,24?/m1/s1. The highest BCUT2D eigenvalue weighted by atomic mass is 19.3. The molecule has 0 amide bonds. The van der Waals surface area contributed by atoms with Gasteiger partial charge in [0.1, 0.15) is 11.9 Å². The average molecular weight is 473 g/mol. The first-order valence-corrected chi connectivity index (χ1v) is 12.2. The van der Waals surface area contributed by atoms with Crippen LogP contribution in [0.3, 0.4) is 0 Å². The lowest BCUT2D eigenvalue weighted by molar-refractivity contribution is -0.229. The summed E-state index contributed by atoms with van der Waals surface area (Å²) in [6.07, 6.45) is 8.05. The van der Waals surface area contributed by atoms with Gasteiger partial charge in [0.15, 0.2) is 6.29 Å². The number of rotatable bonds is 14. The zero-order valence-electron chi connectivity index (χ0n) is 19.5. The van der Waals surface area contributed by atoms with Crippen LogP contribution in [0.4, 0.5) is 8.78 Å². The van der Waals surface area contributed by atoms with Crippen LogP contribution in [0, 0.1) is 11.8 Å². The van der Waals surface area contributed by atoms with Crippen LogP contribution < -0.4 is 0 Å². The Balaban J connectivity index is 2.01. The molecule has 0 radical (unpaired) electrons. The number of ether oxygens (including phenoxy) is 2. The summed E-state index contributed by atoms with van der Waals surface area (Å²) in [5.41, 5.74) is 0. The molecule has 0 spiro atoms. The second-order valence-electron chi connectivity index (χ2n) is 9.01. The number of alkyl halides is 2. The van der Waals surface area contributed by atoms with E-state index in [1.807, 2.05) is 6.92 Å². The minimum Gasteiger partial charge on any atom is -0.481 e. The Morgan fingerprint density at radius 1 is 1.30 bits per heavy atom. The Labute approximate surface area is 195 Å². The van der Waals surface area contributed by atoms with Gasteiger partial charge in [-0.3, -0.25) is 9.59 Å². The Bertz CT molecular complexity index is 672. The summed E-state index contributed by atoms with van der Waals surface area (Å²) in [4.78, 5) is 22.9. The van der Waals surface area contributed by atoms with E-state index in [2.05, 4.69) is 0 Å². The number of ketones is 1. The van der Waals surface area contributed by atoms with E-state index in [0.29, 0.717) is 38.7 Å². The summed E-state index contributed by atoms with van der Waals surface area (Å²) in [5, 5.41) is 19.0. The second-order valence-corrected chi connectivity index (χ2v) is 9.01. The highest BCUT2D eigenvalue weighted by Gasteiger charge is 2.43. The fraction of sp³-hybridized carbons (Fsp3) is 0.760. The van der Waals surface area contributed by atoms with Gasteiger partial charge in [-0.25, -0.2) is 0 Å². The molecule has 0 aromatic carbocycles. The summed E-state index contributed by atoms with van der Waals surface area (Å²) in [6.45, 7) is 2.44. The normalized spacial score (nSPS) is 27.6. The Hall–Kier alpha value is -1.64. The maximum Gasteiger partial charge on any atom is 0.303 e. The van der Waals surface area contributed by atoms with E-state index >= 15 is 8.78 Å². The predicted octanol–water partition coefficient (Wildman–Crippen LogP) is 5.05. The van der Waals surface area contributed by atoms with Gasteiger partial charge in [-0.05, 0) is 51.0 Å². The van der Waals surface area contributed by atoms with Crippen molar-refractivity contribution in [3.63, 3.8) is 0 Å². The minimum absolute atomic E-state index is 0.0518. The minimum atomic E-state index is -3.25. The molecular formula is C25H38F2O6. The van der Waals surface area contributed by atoms with Gasteiger partial charge in [0.2, 0.25) is 0 Å². The molecule has 2 N–H and O–H groups in total. The molecule has 1 aliphatic heterocycles. The molecule has 2 rings (SSSR count). The first-order chi connectivity index (χ1) is 15.7. The number of allylic oxidation sites excluding steroid dienone is 2. The molecule has 0 bridgehead atoms. The van der Waals surface area contributed by atoms with E-state index in [0.717, 1.165) is 25.3 Å². The third-order valence-electron chi connectivity index (χ3n) is 6.29. The molecular weight excluding hydrogens is 434 g/mol. The van der Waals surface area contributed by atoms with E-state index < -0.39 is 42.2 Å². The molecule has 1 heterocycles. The van der Waals surface area contributed by atoms with Crippen LogP contribution >= 0.6 is 0 Å². The topological polar surface area (TPSA) is 93.1 Å². The average Bonchev–Trinajstić information content (AvgIpc) is 3.04. The maximum absolute atomic E-state index is 15.1. The molecule has 0 aromatic rings. The third kappa shape index (κ3) is 9.26. The fourth-order valence-electron chi connectivity index (χ4n) is 4.35. The number of Topliss-reactive ketones (excluding diaryl/α,β-unsaturated/α-hetero) is 1. The van der Waals surface area contributed by atoms with Crippen LogP contribution in [0.5, 0.6) is 0 Å². The molecule has 5 atom stereocenters. The van der Waals surface area contributed by atoms with Gasteiger partial charge in [-0.1, -0.05) is 38.0 Å². The number of aliphatic hydroxyl groups is 1. The van der Waals surface area contributed by atoms with Crippen molar-refractivity contribution >= 4 is 11.8 Å². The largest absolute Gasteiger partial charge is 0.481 e. The number of carboxylic acid groups (broad SMARTS) is 1. The number of hydrogen-bond acceptors (Lipinski definition) is 5. The number of halogens is 2. The van der Waals surface area contributed by atoms with Crippen molar-refractivity contribution in [1.82, 2.24) is 0 Å². The Kier molecular flexibility index (Phi) is 11.6. The molecule has 1 aliphatic carbocycles. The highest BCUT2D eigenvalue weighted by Crippen LogP contribution is 2.36. The van der Waals surface area contributed by atoms with E-state index in [1.165, 1.54) is 6.08 Å². The molecule has 0 aromatic heterocycles. The van der Waals surface area contributed by atoms with Gasteiger partial charge >= 0.3 is 5.97 Å². The lowest BCUT2D eigenvalue weighted by atomic mass is 9.89. The summed E-state index contributed by atoms with van der Waals surface area (Å²) in [5.74, 6) is -5.52. The van der Waals surface area contributed by atoms with Gasteiger partial charge < -0.3 is 19.7 Å². The smallest absolute Gasteiger partial charge is 0.303 e. The van der Waals surface area contributed by atoms with Crippen molar-refractivity contribution < 1.29 is 38.1 Å². The molecule has 188 valence electrons. The first-order valence-electron chi connectivity index (χ1n) is 12.2. The van der Waals surface area contributed by atoms with Gasteiger partial charge in [0.25, 0.3) is 5.92 Å². The molecule has 2 unspecified atom stereocenters. The van der Waals surface area contributed by atoms with Crippen LogP contribution in [0.1, 0.15) is 77.6 Å². The van der Waals surface area contributed by atoms with Crippen molar-refractivity contribution in [2.75, 3.05) is 6.61 Å². The van der Waals surface area contributed by atoms with Gasteiger partial charge in [-0.15, -0.1) is 0 Å². The van der Waals surface area contributed by atoms with Crippen molar-refractivity contribution in [1.29, 1.82) is 0 Å². The lowest BCUT2D eigenvalue weighted by Gasteiger charge is -2.31. The lowest BCUT2D eigenvalue weighted by Crippen LogP contribution is -2.39. The van der Waals surface area contributed by atoms with Crippen molar-refractivity contribution in [3.8, 4) is 0 Å². The van der Waals surface area contributed by atoms with Crippen molar-refractivity contribution in [3.05, 3.63) is 24.3 Å².